The van der Waals surface area contributed by atoms with Crippen LogP contribution < -0.4 is 4.74 Å². The van der Waals surface area contributed by atoms with Gasteiger partial charge < -0.3 is 39.5 Å². The number of rotatable bonds is 7. The Kier molecular flexibility index (Phi) is 7.27. The number of likely N-dealkylation sites (N-methyl/N-ethyl adjacent to an activating group) is 1. The lowest BCUT2D eigenvalue weighted by molar-refractivity contribution is -0.177. The Morgan fingerprint density at radius 1 is 1.17 bits per heavy atom. The average molecular weight is 588 g/mol. The average Bonchev–Trinajstić information content (AvgIpc) is 3.29. The van der Waals surface area contributed by atoms with E-state index in [0.29, 0.717) is 19.4 Å². The van der Waals surface area contributed by atoms with Crippen molar-refractivity contribution in [1.82, 2.24) is 4.90 Å². The maximum atomic E-state index is 13.6. The van der Waals surface area contributed by atoms with E-state index in [9.17, 15) is 29.7 Å². The lowest BCUT2D eigenvalue weighted by Gasteiger charge is -2.61. The number of hydrogen-bond acceptors (Lipinski definition) is 10. The minimum absolute atomic E-state index is 0. The molecule has 6 atom stereocenters. The highest BCUT2D eigenvalue weighted by Gasteiger charge is 2.72. The topological polar surface area (TPSA) is 163 Å². The van der Waals surface area contributed by atoms with Crippen LogP contribution in [0.25, 0.3) is 0 Å². The predicted octanol–water partition coefficient (Wildman–Crippen LogP) is 1.75. The number of piperidine rings is 1. The largest absolute Gasteiger partial charge is 0.504 e. The standard InChI is InChI=1S/C29H29NO10.ClH/c1-30-12-11-28-22-16-7-8-17(31)24(22)40-25(28)19(9-10-29(28,37)20(30)13-16)38-27(36)23(15-5-3-2-4-6-15)39-21(33)14-18(32)26(34)35;/h2-9,18,20,23,25,31-32,37H,10-14H2,1H3,(H,34,35);1H/t18?,20-,23+,25+,28+,29-;/m1./s1. The van der Waals surface area contributed by atoms with Gasteiger partial charge in [-0.1, -0.05) is 36.4 Å². The summed E-state index contributed by atoms with van der Waals surface area (Å²) in [6.45, 7) is 0.652. The molecule has 11 nitrogen and oxygen atoms in total. The highest BCUT2D eigenvalue weighted by atomic mass is 35.5. The Labute approximate surface area is 241 Å². The third-order valence-corrected chi connectivity index (χ3v) is 8.78. The molecule has 2 heterocycles. The zero-order chi connectivity index (χ0) is 28.4. The first-order chi connectivity index (χ1) is 19.1. The summed E-state index contributed by atoms with van der Waals surface area (Å²) in [5, 5.41) is 41.4. The molecule has 2 aromatic carbocycles. The van der Waals surface area contributed by atoms with E-state index in [0.717, 1.165) is 11.1 Å². The number of phenols is 1. The first-order valence-corrected chi connectivity index (χ1v) is 13.1. The Morgan fingerprint density at radius 2 is 1.90 bits per heavy atom. The van der Waals surface area contributed by atoms with Crippen LogP contribution in [0.4, 0.5) is 0 Å². The number of likely N-dealkylation sites (tertiary alicyclic amines) is 1. The number of aliphatic hydroxyl groups excluding tert-OH is 1. The maximum absolute atomic E-state index is 13.6. The molecule has 0 amide bonds. The second-order valence-corrected chi connectivity index (χ2v) is 10.9. The molecule has 41 heavy (non-hydrogen) atoms. The highest BCUT2D eigenvalue weighted by Crippen LogP contribution is 2.65. The minimum atomic E-state index is -1.99. The van der Waals surface area contributed by atoms with Crippen molar-refractivity contribution in [3.8, 4) is 11.5 Å². The van der Waals surface area contributed by atoms with Crippen molar-refractivity contribution in [2.24, 2.45) is 0 Å². The molecular formula is C29H30ClNO10. The van der Waals surface area contributed by atoms with Crippen molar-refractivity contribution in [1.29, 1.82) is 0 Å². The van der Waals surface area contributed by atoms with E-state index in [1.54, 1.807) is 42.5 Å². The van der Waals surface area contributed by atoms with Gasteiger partial charge in [0.15, 0.2) is 23.7 Å². The molecule has 4 aliphatic rings. The minimum Gasteiger partial charge on any atom is -0.504 e. The monoisotopic (exact) mass is 587 g/mol. The van der Waals surface area contributed by atoms with E-state index in [1.165, 1.54) is 0 Å². The summed E-state index contributed by atoms with van der Waals surface area (Å²) in [5.74, 6) is -3.33. The van der Waals surface area contributed by atoms with Crippen molar-refractivity contribution < 1.29 is 49.0 Å². The second-order valence-electron chi connectivity index (χ2n) is 10.9. The SMILES string of the molecule is CN1CC[C@]23c4c5ccc(O)c4O[C@H]2C(OC(=O)[C@@H](OC(=O)CC(O)C(=O)O)c2ccccc2)=CC[C@@]3(O)[C@H]1C5.Cl. The van der Waals surface area contributed by atoms with Gasteiger partial charge in [0.2, 0.25) is 6.10 Å². The Bertz CT molecular complexity index is 1430. The van der Waals surface area contributed by atoms with Crippen molar-refractivity contribution in [3.63, 3.8) is 0 Å². The van der Waals surface area contributed by atoms with Crippen LogP contribution in [0.1, 0.15) is 42.1 Å². The number of aliphatic hydroxyl groups is 2. The number of esters is 2. The summed E-state index contributed by atoms with van der Waals surface area (Å²) in [7, 11) is 1.96. The molecule has 218 valence electrons. The van der Waals surface area contributed by atoms with Crippen LogP contribution in [-0.2, 0) is 35.7 Å². The van der Waals surface area contributed by atoms with Crippen LogP contribution in [0, 0.1) is 0 Å². The van der Waals surface area contributed by atoms with E-state index < -0.39 is 53.7 Å². The number of carboxylic acid groups (broad SMARTS) is 1. The number of carbonyl (C=O) groups is 3. The predicted molar refractivity (Wildman–Crippen MR) is 143 cm³/mol. The van der Waals surface area contributed by atoms with Crippen LogP contribution in [0.2, 0.25) is 0 Å². The van der Waals surface area contributed by atoms with Crippen LogP contribution >= 0.6 is 12.4 Å². The number of carbonyl (C=O) groups excluding carboxylic acids is 2. The number of benzene rings is 2. The molecule has 4 N–H and O–H groups in total. The number of nitrogens with zero attached hydrogens (tertiary/aromatic N) is 1. The molecule has 2 bridgehead atoms. The van der Waals surface area contributed by atoms with Gasteiger partial charge in [0, 0.05) is 23.6 Å². The summed E-state index contributed by atoms with van der Waals surface area (Å²) in [5.41, 5.74) is -0.243. The lowest BCUT2D eigenvalue weighted by atomic mass is 9.50. The Morgan fingerprint density at radius 3 is 2.61 bits per heavy atom. The quantitative estimate of drug-likeness (QED) is 0.349. The van der Waals surface area contributed by atoms with Crippen LogP contribution in [0.15, 0.2) is 54.3 Å². The number of hydrogen-bond donors (Lipinski definition) is 4. The zero-order valence-electron chi connectivity index (χ0n) is 22.1. The van der Waals surface area contributed by atoms with E-state index >= 15 is 0 Å². The number of carboxylic acids is 1. The molecule has 0 radical (unpaired) electrons. The molecule has 2 aliphatic heterocycles. The van der Waals surface area contributed by atoms with Gasteiger partial charge in [0.1, 0.15) is 5.76 Å². The number of phenolic OH excluding ortho intramolecular Hbond substituents is 1. The molecule has 2 aliphatic carbocycles. The highest BCUT2D eigenvalue weighted by molar-refractivity contribution is 5.85. The van der Waals surface area contributed by atoms with Crippen molar-refractivity contribution >= 4 is 30.3 Å². The first-order valence-electron chi connectivity index (χ1n) is 13.1. The van der Waals surface area contributed by atoms with Gasteiger partial charge in [0.25, 0.3) is 0 Å². The van der Waals surface area contributed by atoms with Gasteiger partial charge in [-0.25, -0.2) is 9.59 Å². The van der Waals surface area contributed by atoms with Gasteiger partial charge in [-0.2, -0.15) is 0 Å². The van der Waals surface area contributed by atoms with E-state index in [4.69, 9.17) is 19.3 Å². The fraction of sp³-hybridized carbons (Fsp3) is 0.414. The molecule has 0 saturated carbocycles. The maximum Gasteiger partial charge on any atom is 0.357 e. The molecule has 1 saturated heterocycles. The smallest absolute Gasteiger partial charge is 0.357 e. The molecule has 2 aromatic rings. The zero-order valence-corrected chi connectivity index (χ0v) is 22.9. The summed E-state index contributed by atoms with van der Waals surface area (Å²) < 4.78 is 17.5. The number of ether oxygens (including phenoxy) is 3. The molecule has 1 spiro atoms. The van der Waals surface area contributed by atoms with Crippen molar-refractivity contribution in [2.45, 2.75) is 61.1 Å². The summed E-state index contributed by atoms with van der Waals surface area (Å²) in [6, 6.07) is 11.3. The number of aliphatic carboxylic acids is 1. The normalized spacial score (nSPS) is 28.6. The van der Waals surface area contributed by atoms with Gasteiger partial charge in [-0.15, -0.1) is 12.4 Å². The fourth-order valence-electron chi connectivity index (χ4n) is 6.91. The molecular weight excluding hydrogens is 558 g/mol. The molecule has 1 unspecified atom stereocenters. The van der Waals surface area contributed by atoms with Gasteiger partial charge in [-0.3, -0.25) is 4.79 Å². The number of halogens is 1. The third kappa shape index (κ3) is 4.26. The lowest BCUT2D eigenvalue weighted by Crippen LogP contribution is -2.74. The summed E-state index contributed by atoms with van der Waals surface area (Å²) in [4.78, 5) is 39.1. The van der Waals surface area contributed by atoms with E-state index in [-0.39, 0.29) is 47.7 Å². The third-order valence-electron chi connectivity index (χ3n) is 8.78. The van der Waals surface area contributed by atoms with Gasteiger partial charge in [-0.05, 0) is 44.1 Å². The van der Waals surface area contributed by atoms with Crippen molar-refractivity contribution in [3.05, 3.63) is 71.0 Å². The first kappa shape index (κ1) is 28.9. The number of aromatic hydroxyl groups is 1. The Hall–Kier alpha value is -3.64. The van der Waals surface area contributed by atoms with Crippen LogP contribution in [0.5, 0.6) is 11.5 Å². The second kappa shape index (κ2) is 10.3. The molecule has 6 rings (SSSR count). The van der Waals surface area contributed by atoms with E-state index in [2.05, 4.69) is 4.90 Å². The molecule has 1 fully saturated rings. The molecule has 0 aromatic heterocycles. The van der Waals surface area contributed by atoms with Gasteiger partial charge >= 0.3 is 17.9 Å². The van der Waals surface area contributed by atoms with Crippen LogP contribution in [-0.4, -0.2) is 80.7 Å². The Balaban J connectivity index is 0.00000337. The van der Waals surface area contributed by atoms with E-state index in [1.807, 2.05) is 13.1 Å². The van der Waals surface area contributed by atoms with Crippen molar-refractivity contribution in [2.75, 3.05) is 13.6 Å². The summed E-state index contributed by atoms with van der Waals surface area (Å²) in [6.07, 6.45) is -2.49. The summed E-state index contributed by atoms with van der Waals surface area (Å²) >= 11 is 0. The fourth-order valence-corrected chi connectivity index (χ4v) is 6.91. The van der Waals surface area contributed by atoms with Crippen LogP contribution in [0.3, 0.4) is 0 Å². The van der Waals surface area contributed by atoms with Gasteiger partial charge in [0.05, 0.1) is 17.4 Å². The molecule has 12 heteroatoms.